The Balaban J connectivity index is 1.94. The van der Waals surface area contributed by atoms with Crippen LogP contribution in [0.3, 0.4) is 0 Å². The van der Waals surface area contributed by atoms with Crippen LogP contribution >= 0.6 is 15.9 Å². The molecule has 1 aromatic carbocycles. The van der Waals surface area contributed by atoms with Crippen molar-refractivity contribution in [3.63, 3.8) is 0 Å². The van der Waals surface area contributed by atoms with E-state index in [1.165, 1.54) is 5.56 Å². The molecule has 3 N–H and O–H groups in total. The van der Waals surface area contributed by atoms with Crippen LogP contribution in [0.1, 0.15) is 17.5 Å². The maximum Gasteiger partial charge on any atom is 0.173 e. The van der Waals surface area contributed by atoms with Gasteiger partial charge in [0.25, 0.3) is 0 Å². The molecule has 2 rings (SSSR count). The Kier molecular flexibility index (Phi) is 5.57. The minimum Gasteiger partial charge on any atom is -0.493 e. The summed E-state index contributed by atoms with van der Waals surface area (Å²) in [5.41, 5.74) is 7.44. The highest BCUT2D eigenvalue weighted by molar-refractivity contribution is 9.10. The molecular weight excluding hydrogens is 334 g/mol. The molecule has 0 saturated heterocycles. The summed E-state index contributed by atoms with van der Waals surface area (Å²) in [7, 11) is 0. The lowest BCUT2D eigenvalue weighted by atomic mass is 10.1. The van der Waals surface area contributed by atoms with Crippen LogP contribution in [0.15, 0.2) is 52.4 Å². The molecule has 0 atom stereocenters. The normalized spacial score (nSPS) is 11.4. The van der Waals surface area contributed by atoms with Crippen molar-refractivity contribution in [2.45, 2.75) is 12.8 Å². The van der Waals surface area contributed by atoms with Gasteiger partial charge in [0.05, 0.1) is 12.2 Å². The second kappa shape index (κ2) is 7.64. The van der Waals surface area contributed by atoms with E-state index in [0.717, 1.165) is 17.3 Å². The topological polar surface area (TPSA) is 80.7 Å². The third-order valence-corrected chi connectivity index (χ3v) is 3.44. The molecular formula is C15H16BrN3O2. The number of halogens is 1. The molecule has 0 bridgehead atoms. The number of hydrogen-bond donors (Lipinski definition) is 2. The van der Waals surface area contributed by atoms with Gasteiger partial charge in [-0.05, 0) is 48.7 Å². The van der Waals surface area contributed by atoms with E-state index in [9.17, 15) is 0 Å². The minimum atomic E-state index is 0.0282. The summed E-state index contributed by atoms with van der Waals surface area (Å²) >= 11 is 3.35. The van der Waals surface area contributed by atoms with E-state index in [1.807, 2.05) is 18.2 Å². The van der Waals surface area contributed by atoms with E-state index in [-0.39, 0.29) is 5.84 Å². The SMILES string of the molecule is N/C(=N/O)c1cc(Br)ccc1OCCCc1ccncc1. The molecule has 0 fully saturated rings. The average Bonchev–Trinajstić information content (AvgIpc) is 2.53. The second-order valence-electron chi connectivity index (χ2n) is 4.43. The number of nitrogens with zero attached hydrogens (tertiary/aromatic N) is 2. The minimum absolute atomic E-state index is 0.0282. The van der Waals surface area contributed by atoms with Gasteiger partial charge in [0.2, 0.25) is 0 Å². The van der Waals surface area contributed by atoms with Crippen LogP contribution in [0.4, 0.5) is 0 Å². The van der Waals surface area contributed by atoms with Gasteiger partial charge in [0.1, 0.15) is 5.75 Å². The molecule has 2 aromatic rings. The van der Waals surface area contributed by atoms with Crippen LogP contribution < -0.4 is 10.5 Å². The third kappa shape index (κ3) is 4.46. The molecule has 1 heterocycles. The summed E-state index contributed by atoms with van der Waals surface area (Å²) in [6, 6.07) is 9.38. The van der Waals surface area contributed by atoms with Crippen LogP contribution in [0.2, 0.25) is 0 Å². The summed E-state index contributed by atoms with van der Waals surface area (Å²) in [5, 5.41) is 11.8. The standard InChI is InChI=1S/C15H16BrN3O2/c16-12-3-4-14(13(10-12)15(17)19-20)21-9-1-2-11-5-7-18-8-6-11/h3-8,10,20H,1-2,9H2,(H2,17,19). The van der Waals surface area contributed by atoms with Crippen molar-refractivity contribution >= 4 is 21.8 Å². The average molecular weight is 350 g/mol. The number of oxime groups is 1. The van der Waals surface area contributed by atoms with Crippen LogP contribution in [0, 0.1) is 0 Å². The first-order valence-corrected chi connectivity index (χ1v) is 7.29. The highest BCUT2D eigenvalue weighted by Crippen LogP contribution is 2.23. The van der Waals surface area contributed by atoms with Crippen molar-refractivity contribution in [1.29, 1.82) is 0 Å². The second-order valence-corrected chi connectivity index (χ2v) is 5.35. The highest BCUT2D eigenvalue weighted by Gasteiger charge is 2.09. The first-order valence-electron chi connectivity index (χ1n) is 6.50. The first kappa shape index (κ1) is 15.3. The smallest absolute Gasteiger partial charge is 0.173 e. The van der Waals surface area contributed by atoms with Crippen LogP contribution in [-0.2, 0) is 6.42 Å². The maximum atomic E-state index is 8.81. The maximum absolute atomic E-state index is 8.81. The van der Waals surface area contributed by atoms with Gasteiger partial charge in [0, 0.05) is 16.9 Å². The van der Waals surface area contributed by atoms with Crippen molar-refractivity contribution in [3.8, 4) is 5.75 Å². The van der Waals surface area contributed by atoms with Crippen molar-refractivity contribution in [2.24, 2.45) is 10.9 Å². The Bertz CT molecular complexity index is 618. The molecule has 6 heteroatoms. The Hall–Kier alpha value is -2.08. The summed E-state index contributed by atoms with van der Waals surface area (Å²) in [6.45, 7) is 0.551. The first-order chi connectivity index (χ1) is 10.2. The summed E-state index contributed by atoms with van der Waals surface area (Å²) < 4.78 is 6.57. The molecule has 110 valence electrons. The lowest BCUT2D eigenvalue weighted by Crippen LogP contribution is -2.15. The van der Waals surface area contributed by atoms with E-state index in [1.54, 1.807) is 24.5 Å². The van der Waals surface area contributed by atoms with E-state index in [0.29, 0.717) is 17.9 Å². The van der Waals surface area contributed by atoms with Crippen molar-refractivity contribution in [1.82, 2.24) is 4.98 Å². The van der Waals surface area contributed by atoms with Crippen LogP contribution in [-0.4, -0.2) is 22.6 Å². The molecule has 1 aromatic heterocycles. The molecule has 0 aliphatic heterocycles. The zero-order chi connectivity index (χ0) is 15.1. The van der Waals surface area contributed by atoms with Gasteiger partial charge in [-0.1, -0.05) is 21.1 Å². The van der Waals surface area contributed by atoms with Crippen molar-refractivity contribution in [3.05, 3.63) is 58.3 Å². The Morgan fingerprint density at radius 2 is 2.05 bits per heavy atom. The number of rotatable bonds is 6. The van der Waals surface area contributed by atoms with E-state index >= 15 is 0 Å². The quantitative estimate of drug-likeness (QED) is 0.276. The third-order valence-electron chi connectivity index (χ3n) is 2.94. The highest BCUT2D eigenvalue weighted by atomic mass is 79.9. The van der Waals surface area contributed by atoms with Crippen molar-refractivity contribution in [2.75, 3.05) is 6.61 Å². The molecule has 0 aliphatic rings. The van der Waals surface area contributed by atoms with Gasteiger partial charge in [-0.3, -0.25) is 4.98 Å². The van der Waals surface area contributed by atoms with Gasteiger partial charge < -0.3 is 15.7 Å². The summed E-state index contributed by atoms with van der Waals surface area (Å²) in [6.07, 6.45) is 5.34. The zero-order valence-electron chi connectivity index (χ0n) is 11.4. The monoisotopic (exact) mass is 349 g/mol. The lowest BCUT2D eigenvalue weighted by molar-refractivity contribution is 0.307. The lowest BCUT2D eigenvalue weighted by Gasteiger charge is -2.11. The fraction of sp³-hybridized carbons (Fsp3) is 0.200. The predicted molar refractivity (Wildman–Crippen MR) is 84.7 cm³/mol. The van der Waals surface area contributed by atoms with Gasteiger partial charge in [0.15, 0.2) is 5.84 Å². The van der Waals surface area contributed by atoms with Crippen molar-refractivity contribution < 1.29 is 9.94 Å². The van der Waals surface area contributed by atoms with Gasteiger partial charge in [-0.2, -0.15) is 0 Å². The number of ether oxygens (including phenoxy) is 1. The molecule has 0 unspecified atom stereocenters. The Morgan fingerprint density at radius 3 is 2.76 bits per heavy atom. The molecule has 5 nitrogen and oxygen atoms in total. The van der Waals surface area contributed by atoms with Gasteiger partial charge >= 0.3 is 0 Å². The number of aromatic nitrogens is 1. The van der Waals surface area contributed by atoms with Crippen LogP contribution in [0.5, 0.6) is 5.75 Å². The predicted octanol–water partition coefficient (Wildman–Crippen LogP) is 2.95. The number of amidine groups is 1. The fourth-order valence-electron chi connectivity index (χ4n) is 1.89. The largest absolute Gasteiger partial charge is 0.493 e. The molecule has 0 saturated carbocycles. The number of nitrogens with two attached hydrogens (primary N) is 1. The zero-order valence-corrected chi connectivity index (χ0v) is 13.0. The van der Waals surface area contributed by atoms with Gasteiger partial charge in [-0.15, -0.1) is 0 Å². The van der Waals surface area contributed by atoms with Crippen LogP contribution in [0.25, 0.3) is 0 Å². The van der Waals surface area contributed by atoms with E-state index in [4.69, 9.17) is 15.7 Å². The molecule has 0 spiro atoms. The number of hydrogen-bond acceptors (Lipinski definition) is 4. The summed E-state index contributed by atoms with van der Waals surface area (Å²) in [4.78, 5) is 3.98. The van der Waals surface area contributed by atoms with E-state index in [2.05, 4.69) is 26.1 Å². The molecule has 0 aliphatic carbocycles. The molecule has 21 heavy (non-hydrogen) atoms. The van der Waals surface area contributed by atoms with E-state index < -0.39 is 0 Å². The number of pyridine rings is 1. The molecule has 0 radical (unpaired) electrons. The van der Waals surface area contributed by atoms with Gasteiger partial charge in [-0.25, -0.2) is 0 Å². The number of aryl methyl sites for hydroxylation is 1. The number of benzene rings is 1. The fourth-order valence-corrected chi connectivity index (χ4v) is 2.25. The summed E-state index contributed by atoms with van der Waals surface area (Å²) in [5.74, 6) is 0.628. The Morgan fingerprint density at radius 1 is 1.29 bits per heavy atom. The Labute approximate surface area is 131 Å². The molecule has 0 amide bonds.